The molecule has 1 rings (SSSR count). The van der Waals surface area contributed by atoms with Crippen LogP contribution in [0.5, 0.6) is 0 Å². The third-order valence-corrected chi connectivity index (χ3v) is 2.56. The van der Waals surface area contributed by atoms with Crippen molar-refractivity contribution in [1.29, 1.82) is 0 Å². The molecule has 3 atom stereocenters. The molecule has 0 aromatic carbocycles. The van der Waals surface area contributed by atoms with Crippen LogP contribution in [0.3, 0.4) is 0 Å². The molecule has 0 aliphatic carbocycles. The topological polar surface area (TPSA) is 61.8 Å². The zero-order chi connectivity index (χ0) is 12.1. The van der Waals surface area contributed by atoms with Crippen LogP contribution in [0.25, 0.3) is 0 Å². The van der Waals surface area contributed by atoms with Crippen molar-refractivity contribution in [2.75, 3.05) is 13.2 Å². The van der Waals surface area contributed by atoms with Crippen LogP contribution >= 0.6 is 0 Å². The first-order valence-corrected chi connectivity index (χ1v) is 5.41. The maximum Gasteiger partial charge on any atom is 0.302 e. The Labute approximate surface area is 95.0 Å². The van der Waals surface area contributed by atoms with Crippen molar-refractivity contribution in [2.45, 2.75) is 39.4 Å². The van der Waals surface area contributed by atoms with Gasteiger partial charge < -0.3 is 14.2 Å². The van der Waals surface area contributed by atoms with E-state index >= 15 is 0 Å². The molecule has 1 saturated heterocycles. The van der Waals surface area contributed by atoms with Gasteiger partial charge in [-0.05, 0) is 12.3 Å². The molecule has 5 nitrogen and oxygen atoms in total. The summed E-state index contributed by atoms with van der Waals surface area (Å²) in [6.45, 7) is 5.39. The van der Waals surface area contributed by atoms with E-state index in [1.54, 1.807) is 0 Å². The first-order valence-electron chi connectivity index (χ1n) is 5.41. The Balaban J connectivity index is 2.33. The first kappa shape index (κ1) is 13.0. The fourth-order valence-electron chi connectivity index (χ4n) is 1.72. The molecule has 92 valence electrons. The highest BCUT2D eigenvalue weighted by Crippen LogP contribution is 2.22. The maximum atomic E-state index is 10.8. The smallest absolute Gasteiger partial charge is 0.302 e. The Morgan fingerprint density at radius 1 is 1.31 bits per heavy atom. The number of esters is 2. The molecular formula is C11H18O5. The second-order valence-corrected chi connectivity index (χ2v) is 4.12. The quantitative estimate of drug-likeness (QED) is 0.674. The van der Waals surface area contributed by atoms with Gasteiger partial charge in [0.15, 0.2) is 0 Å². The molecule has 0 saturated carbocycles. The lowest BCUT2D eigenvalue weighted by Crippen LogP contribution is -2.40. The van der Waals surface area contributed by atoms with Crippen LogP contribution in [0.4, 0.5) is 0 Å². The minimum atomic E-state index is -0.307. The highest BCUT2D eigenvalue weighted by molar-refractivity contribution is 5.66. The predicted molar refractivity (Wildman–Crippen MR) is 55.7 cm³/mol. The van der Waals surface area contributed by atoms with Crippen molar-refractivity contribution in [2.24, 2.45) is 5.92 Å². The predicted octanol–water partition coefficient (Wildman–Crippen LogP) is 0.906. The molecule has 5 heteroatoms. The first-order chi connectivity index (χ1) is 7.49. The summed E-state index contributed by atoms with van der Waals surface area (Å²) in [5, 5.41) is 0. The number of hydrogen-bond donors (Lipinski definition) is 0. The van der Waals surface area contributed by atoms with Crippen LogP contribution in [0.2, 0.25) is 0 Å². The van der Waals surface area contributed by atoms with Gasteiger partial charge in [0.25, 0.3) is 0 Å². The Bertz CT molecular complexity index is 263. The van der Waals surface area contributed by atoms with Crippen LogP contribution < -0.4 is 0 Å². The average molecular weight is 230 g/mol. The van der Waals surface area contributed by atoms with Crippen molar-refractivity contribution in [3.8, 4) is 0 Å². The highest BCUT2D eigenvalue weighted by atomic mass is 16.6. The molecule has 0 N–H and O–H groups in total. The van der Waals surface area contributed by atoms with Gasteiger partial charge in [0, 0.05) is 13.8 Å². The van der Waals surface area contributed by atoms with Gasteiger partial charge in [-0.15, -0.1) is 0 Å². The monoisotopic (exact) mass is 230 g/mol. The Hall–Kier alpha value is -1.10. The Morgan fingerprint density at radius 2 is 2.00 bits per heavy atom. The largest absolute Gasteiger partial charge is 0.463 e. The summed E-state index contributed by atoms with van der Waals surface area (Å²) in [6, 6.07) is 0. The molecule has 1 aliphatic rings. The highest BCUT2D eigenvalue weighted by Gasteiger charge is 2.30. The molecule has 3 unspecified atom stereocenters. The SMILES string of the molecule is CC(=O)OCC1CC(C)C(OC(C)=O)CO1. The van der Waals surface area contributed by atoms with Crippen LogP contribution in [0.1, 0.15) is 27.2 Å². The molecule has 1 heterocycles. The zero-order valence-corrected chi connectivity index (χ0v) is 9.89. The van der Waals surface area contributed by atoms with Crippen LogP contribution in [0.15, 0.2) is 0 Å². The van der Waals surface area contributed by atoms with E-state index in [-0.39, 0.29) is 36.7 Å². The maximum absolute atomic E-state index is 10.8. The summed E-state index contributed by atoms with van der Waals surface area (Å²) in [4.78, 5) is 21.4. The normalized spacial score (nSPS) is 29.6. The number of rotatable bonds is 3. The average Bonchev–Trinajstić information content (AvgIpc) is 2.18. The summed E-state index contributed by atoms with van der Waals surface area (Å²) >= 11 is 0. The third kappa shape index (κ3) is 4.18. The Kier molecular flexibility index (Phi) is 4.73. The standard InChI is InChI=1S/C11H18O5/c1-7-4-10(5-14-8(2)12)15-6-11(7)16-9(3)13/h7,10-11H,4-6H2,1-3H3. The third-order valence-electron chi connectivity index (χ3n) is 2.56. The molecule has 0 amide bonds. The summed E-state index contributed by atoms with van der Waals surface area (Å²) in [6.07, 6.45) is 0.447. The van der Waals surface area contributed by atoms with E-state index in [1.165, 1.54) is 13.8 Å². The lowest BCUT2D eigenvalue weighted by Gasteiger charge is -2.33. The van der Waals surface area contributed by atoms with Gasteiger partial charge in [-0.2, -0.15) is 0 Å². The van der Waals surface area contributed by atoms with Gasteiger partial charge >= 0.3 is 11.9 Å². The lowest BCUT2D eigenvalue weighted by molar-refractivity contribution is -0.168. The van der Waals surface area contributed by atoms with Crippen molar-refractivity contribution in [1.82, 2.24) is 0 Å². The van der Waals surface area contributed by atoms with E-state index in [4.69, 9.17) is 14.2 Å². The van der Waals surface area contributed by atoms with E-state index in [2.05, 4.69) is 0 Å². The second-order valence-electron chi connectivity index (χ2n) is 4.12. The van der Waals surface area contributed by atoms with Crippen molar-refractivity contribution in [3.05, 3.63) is 0 Å². The molecule has 0 radical (unpaired) electrons. The number of carbonyl (C=O) groups is 2. The minimum Gasteiger partial charge on any atom is -0.463 e. The van der Waals surface area contributed by atoms with Crippen molar-refractivity contribution < 1.29 is 23.8 Å². The van der Waals surface area contributed by atoms with Gasteiger partial charge in [0.1, 0.15) is 12.7 Å². The molecule has 0 aromatic heterocycles. The van der Waals surface area contributed by atoms with Crippen LogP contribution in [-0.4, -0.2) is 37.4 Å². The van der Waals surface area contributed by atoms with E-state index in [0.29, 0.717) is 6.61 Å². The van der Waals surface area contributed by atoms with Gasteiger partial charge in [0.2, 0.25) is 0 Å². The van der Waals surface area contributed by atoms with Crippen LogP contribution in [0, 0.1) is 5.92 Å². The summed E-state index contributed by atoms with van der Waals surface area (Å²) in [5.41, 5.74) is 0. The molecule has 16 heavy (non-hydrogen) atoms. The van der Waals surface area contributed by atoms with Crippen LogP contribution in [-0.2, 0) is 23.8 Å². The minimum absolute atomic E-state index is 0.0919. The number of hydrogen-bond acceptors (Lipinski definition) is 5. The van der Waals surface area contributed by atoms with Crippen molar-refractivity contribution in [3.63, 3.8) is 0 Å². The molecule has 1 aliphatic heterocycles. The fourth-order valence-corrected chi connectivity index (χ4v) is 1.72. The molecular weight excluding hydrogens is 212 g/mol. The summed E-state index contributed by atoms with van der Waals surface area (Å²) in [5.74, 6) is -0.379. The van der Waals surface area contributed by atoms with E-state index in [1.807, 2.05) is 6.92 Å². The summed E-state index contributed by atoms with van der Waals surface area (Å²) < 4.78 is 15.4. The molecule has 1 fully saturated rings. The fraction of sp³-hybridized carbons (Fsp3) is 0.818. The van der Waals surface area contributed by atoms with E-state index in [0.717, 1.165) is 6.42 Å². The summed E-state index contributed by atoms with van der Waals surface area (Å²) in [7, 11) is 0. The molecule has 0 bridgehead atoms. The zero-order valence-electron chi connectivity index (χ0n) is 9.89. The lowest BCUT2D eigenvalue weighted by atomic mass is 9.95. The van der Waals surface area contributed by atoms with Crippen molar-refractivity contribution >= 4 is 11.9 Å². The Morgan fingerprint density at radius 3 is 2.50 bits per heavy atom. The van der Waals surface area contributed by atoms with E-state index < -0.39 is 0 Å². The van der Waals surface area contributed by atoms with Gasteiger partial charge in [-0.25, -0.2) is 0 Å². The second kappa shape index (κ2) is 5.84. The number of carbonyl (C=O) groups excluding carboxylic acids is 2. The van der Waals surface area contributed by atoms with Gasteiger partial charge in [-0.3, -0.25) is 9.59 Å². The molecule has 0 spiro atoms. The van der Waals surface area contributed by atoms with Gasteiger partial charge in [0.05, 0.1) is 12.7 Å². The van der Waals surface area contributed by atoms with Gasteiger partial charge in [-0.1, -0.05) is 6.92 Å². The number of ether oxygens (including phenoxy) is 3. The molecule has 0 aromatic rings. The van der Waals surface area contributed by atoms with E-state index in [9.17, 15) is 9.59 Å².